The zero-order chi connectivity index (χ0) is 20.8. The van der Waals surface area contributed by atoms with Crippen molar-refractivity contribution in [2.75, 3.05) is 38.1 Å². The monoisotopic (exact) mass is 395 g/mol. The zero-order valence-electron chi connectivity index (χ0n) is 18.1. The Hall–Kier alpha value is -2.53. The molecule has 1 amide bonds. The minimum Gasteiger partial charge on any atom is -0.481 e. The van der Waals surface area contributed by atoms with E-state index in [2.05, 4.69) is 52.5 Å². The SMILES string of the molecule is CC[C@@H](Oc1cc(C)cc(C)c1)C(=O)NCc1ccc(N2CCN(C)CC2)cc1. The number of carbonyl (C=O) groups is 1. The van der Waals surface area contributed by atoms with Crippen LogP contribution in [-0.4, -0.2) is 50.1 Å². The van der Waals surface area contributed by atoms with Crippen LogP contribution in [0.15, 0.2) is 42.5 Å². The minimum absolute atomic E-state index is 0.0743. The summed E-state index contributed by atoms with van der Waals surface area (Å²) in [5.41, 5.74) is 4.61. The third-order valence-electron chi connectivity index (χ3n) is 5.41. The number of hydrogen-bond donors (Lipinski definition) is 1. The molecule has 1 atom stereocenters. The number of anilines is 1. The van der Waals surface area contributed by atoms with Crippen molar-refractivity contribution in [3.05, 3.63) is 59.2 Å². The van der Waals surface area contributed by atoms with Crippen LogP contribution in [0.2, 0.25) is 0 Å². The molecular weight excluding hydrogens is 362 g/mol. The Morgan fingerprint density at radius 2 is 1.66 bits per heavy atom. The van der Waals surface area contributed by atoms with Crippen molar-refractivity contribution in [2.24, 2.45) is 0 Å². The number of aryl methyl sites for hydroxylation is 2. The van der Waals surface area contributed by atoms with Crippen molar-refractivity contribution in [3.8, 4) is 5.75 Å². The van der Waals surface area contributed by atoms with Gasteiger partial charge in [0.15, 0.2) is 6.10 Å². The first-order valence-electron chi connectivity index (χ1n) is 10.5. The van der Waals surface area contributed by atoms with E-state index in [0.29, 0.717) is 13.0 Å². The molecule has 2 aromatic carbocycles. The van der Waals surface area contributed by atoms with Crippen LogP contribution in [-0.2, 0) is 11.3 Å². The molecule has 29 heavy (non-hydrogen) atoms. The molecule has 1 N–H and O–H groups in total. The van der Waals surface area contributed by atoms with Crippen LogP contribution >= 0.6 is 0 Å². The smallest absolute Gasteiger partial charge is 0.261 e. The van der Waals surface area contributed by atoms with Gasteiger partial charge in [-0.2, -0.15) is 0 Å². The second-order valence-electron chi connectivity index (χ2n) is 8.01. The summed E-state index contributed by atoms with van der Waals surface area (Å²) in [5, 5.41) is 3.02. The maximum atomic E-state index is 12.6. The fourth-order valence-electron chi connectivity index (χ4n) is 3.68. The van der Waals surface area contributed by atoms with Gasteiger partial charge in [-0.25, -0.2) is 0 Å². The normalized spacial score (nSPS) is 15.8. The average Bonchev–Trinajstić information content (AvgIpc) is 2.70. The lowest BCUT2D eigenvalue weighted by molar-refractivity contribution is -0.128. The molecule has 3 rings (SSSR count). The summed E-state index contributed by atoms with van der Waals surface area (Å²) in [6.45, 7) is 10.8. The molecule has 1 aliphatic heterocycles. The van der Waals surface area contributed by atoms with Gasteiger partial charge < -0.3 is 19.9 Å². The van der Waals surface area contributed by atoms with E-state index in [1.165, 1.54) is 5.69 Å². The molecule has 0 bridgehead atoms. The Bertz CT molecular complexity index is 791. The van der Waals surface area contributed by atoms with Crippen LogP contribution in [0.5, 0.6) is 5.75 Å². The Morgan fingerprint density at radius 3 is 2.24 bits per heavy atom. The first-order valence-corrected chi connectivity index (χ1v) is 10.5. The Labute approximate surface area is 174 Å². The number of rotatable bonds is 7. The summed E-state index contributed by atoms with van der Waals surface area (Å²) < 4.78 is 5.96. The van der Waals surface area contributed by atoms with Crippen molar-refractivity contribution < 1.29 is 9.53 Å². The topological polar surface area (TPSA) is 44.8 Å². The molecule has 1 aliphatic rings. The molecular formula is C24H33N3O2. The van der Waals surface area contributed by atoms with E-state index >= 15 is 0 Å². The predicted molar refractivity (Wildman–Crippen MR) is 119 cm³/mol. The molecule has 0 unspecified atom stereocenters. The molecule has 0 spiro atoms. The van der Waals surface area contributed by atoms with E-state index < -0.39 is 6.10 Å². The number of amides is 1. The van der Waals surface area contributed by atoms with Gasteiger partial charge in [-0.1, -0.05) is 25.1 Å². The molecule has 1 fully saturated rings. The highest BCUT2D eigenvalue weighted by molar-refractivity contribution is 5.81. The van der Waals surface area contributed by atoms with Gasteiger partial charge in [-0.3, -0.25) is 4.79 Å². The number of likely N-dealkylation sites (N-methyl/N-ethyl adjacent to an activating group) is 1. The maximum Gasteiger partial charge on any atom is 0.261 e. The Balaban J connectivity index is 1.53. The summed E-state index contributed by atoms with van der Waals surface area (Å²) in [6, 6.07) is 14.5. The van der Waals surface area contributed by atoms with E-state index in [1.54, 1.807) is 0 Å². The molecule has 0 saturated carbocycles. The van der Waals surface area contributed by atoms with Crippen LogP contribution in [0.3, 0.4) is 0 Å². The second-order valence-corrected chi connectivity index (χ2v) is 8.01. The Kier molecular flexibility index (Phi) is 7.15. The van der Waals surface area contributed by atoms with Gasteiger partial charge in [0.2, 0.25) is 0 Å². The average molecular weight is 396 g/mol. The van der Waals surface area contributed by atoms with Crippen molar-refractivity contribution in [2.45, 2.75) is 39.8 Å². The van der Waals surface area contributed by atoms with Crippen LogP contribution in [0, 0.1) is 13.8 Å². The third kappa shape index (κ3) is 5.97. The van der Waals surface area contributed by atoms with Crippen LogP contribution in [0.1, 0.15) is 30.0 Å². The van der Waals surface area contributed by atoms with Crippen LogP contribution < -0.4 is 15.0 Å². The number of nitrogens with zero attached hydrogens (tertiary/aromatic N) is 2. The van der Waals surface area contributed by atoms with Gasteiger partial charge in [-0.15, -0.1) is 0 Å². The zero-order valence-corrected chi connectivity index (χ0v) is 18.1. The van der Waals surface area contributed by atoms with E-state index in [0.717, 1.165) is 48.6 Å². The number of benzene rings is 2. The van der Waals surface area contributed by atoms with Crippen molar-refractivity contribution in [3.63, 3.8) is 0 Å². The number of ether oxygens (including phenoxy) is 1. The largest absolute Gasteiger partial charge is 0.481 e. The molecule has 0 aliphatic carbocycles. The molecule has 0 aromatic heterocycles. The van der Waals surface area contributed by atoms with Crippen molar-refractivity contribution >= 4 is 11.6 Å². The van der Waals surface area contributed by atoms with Gasteiger partial charge in [0.05, 0.1) is 0 Å². The maximum absolute atomic E-state index is 12.6. The van der Waals surface area contributed by atoms with Gasteiger partial charge in [0, 0.05) is 38.4 Å². The lowest BCUT2D eigenvalue weighted by atomic mass is 10.1. The third-order valence-corrected chi connectivity index (χ3v) is 5.41. The predicted octanol–water partition coefficient (Wildman–Crippen LogP) is 3.53. The lowest BCUT2D eigenvalue weighted by Crippen LogP contribution is -2.44. The van der Waals surface area contributed by atoms with Crippen LogP contribution in [0.25, 0.3) is 0 Å². The van der Waals surface area contributed by atoms with Gasteiger partial charge in [-0.05, 0) is 68.3 Å². The number of nitrogens with one attached hydrogen (secondary N) is 1. The molecule has 1 saturated heterocycles. The Morgan fingerprint density at radius 1 is 1.03 bits per heavy atom. The summed E-state index contributed by atoms with van der Waals surface area (Å²) in [6.07, 6.45) is 0.141. The van der Waals surface area contributed by atoms with E-state index in [-0.39, 0.29) is 5.91 Å². The lowest BCUT2D eigenvalue weighted by Gasteiger charge is -2.34. The summed E-state index contributed by atoms with van der Waals surface area (Å²) in [7, 11) is 2.16. The summed E-state index contributed by atoms with van der Waals surface area (Å²) >= 11 is 0. The van der Waals surface area contributed by atoms with E-state index in [9.17, 15) is 4.79 Å². The number of piperazine rings is 1. The van der Waals surface area contributed by atoms with Gasteiger partial charge in [0.1, 0.15) is 5.75 Å². The highest BCUT2D eigenvalue weighted by Crippen LogP contribution is 2.19. The molecule has 0 radical (unpaired) electrons. The van der Waals surface area contributed by atoms with E-state index in [4.69, 9.17) is 4.74 Å². The van der Waals surface area contributed by atoms with E-state index in [1.807, 2.05) is 32.9 Å². The van der Waals surface area contributed by atoms with Crippen molar-refractivity contribution in [1.29, 1.82) is 0 Å². The number of carbonyl (C=O) groups excluding carboxylic acids is 1. The molecule has 156 valence electrons. The summed E-state index contributed by atoms with van der Waals surface area (Å²) in [5.74, 6) is 0.677. The van der Waals surface area contributed by atoms with Crippen molar-refractivity contribution in [1.82, 2.24) is 10.2 Å². The molecule has 1 heterocycles. The molecule has 2 aromatic rings. The standard InChI is InChI=1S/C24H33N3O2/c1-5-23(29-22-15-18(2)14-19(3)16-22)24(28)25-17-20-6-8-21(9-7-20)27-12-10-26(4)11-13-27/h6-9,14-16,23H,5,10-13,17H2,1-4H3,(H,25,28)/t23-/m1/s1. The first kappa shape index (κ1) is 21.2. The molecule has 5 heteroatoms. The molecule has 5 nitrogen and oxygen atoms in total. The fraction of sp³-hybridized carbons (Fsp3) is 0.458. The van der Waals surface area contributed by atoms with Gasteiger partial charge in [0.25, 0.3) is 5.91 Å². The quantitative estimate of drug-likeness (QED) is 0.779. The number of hydrogen-bond acceptors (Lipinski definition) is 4. The minimum atomic E-state index is -0.485. The highest BCUT2D eigenvalue weighted by Gasteiger charge is 2.18. The highest BCUT2D eigenvalue weighted by atomic mass is 16.5. The second kappa shape index (κ2) is 9.79. The first-order chi connectivity index (χ1) is 13.9. The van der Waals surface area contributed by atoms with Gasteiger partial charge >= 0.3 is 0 Å². The van der Waals surface area contributed by atoms with Crippen LogP contribution in [0.4, 0.5) is 5.69 Å². The fourth-order valence-corrected chi connectivity index (χ4v) is 3.68. The summed E-state index contributed by atoms with van der Waals surface area (Å²) in [4.78, 5) is 17.4.